The average molecular weight is 184 g/mol. The molecule has 14 heavy (non-hydrogen) atoms. The predicted molar refractivity (Wildman–Crippen MR) is 53.6 cm³/mol. The van der Waals surface area contributed by atoms with Crippen molar-refractivity contribution in [1.29, 1.82) is 0 Å². The number of aliphatic imine (C=N–C) groups is 1. The lowest BCUT2D eigenvalue weighted by Gasteiger charge is -2.01. The van der Waals surface area contributed by atoms with E-state index in [0.717, 1.165) is 16.3 Å². The van der Waals surface area contributed by atoms with Crippen molar-refractivity contribution in [2.75, 3.05) is 0 Å². The first-order valence-corrected chi connectivity index (χ1v) is 4.27. The molecule has 1 heterocycles. The zero-order valence-electron chi connectivity index (χ0n) is 7.47. The van der Waals surface area contributed by atoms with Gasteiger partial charge in [0, 0.05) is 17.8 Å². The summed E-state index contributed by atoms with van der Waals surface area (Å²) in [5.41, 5.74) is 0.999. The summed E-state index contributed by atoms with van der Waals surface area (Å²) in [5, 5.41) is 2.15. The molecule has 0 aliphatic carbocycles. The van der Waals surface area contributed by atoms with Gasteiger partial charge >= 0.3 is 0 Å². The molecule has 0 N–H and O–H groups in total. The van der Waals surface area contributed by atoms with Gasteiger partial charge in [0.2, 0.25) is 6.08 Å². The van der Waals surface area contributed by atoms with Crippen LogP contribution in [-0.4, -0.2) is 11.1 Å². The van der Waals surface area contributed by atoms with E-state index in [9.17, 15) is 4.79 Å². The van der Waals surface area contributed by atoms with Crippen LogP contribution < -0.4 is 0 Å². The minimum atomic E-state index is 0.368. The Morgan fingerprint density at radius 3 is 3.14 bits per heavy atom. The second kappa shape index (κ2) is 3.81. The smallest absolute Gasteiger partial charge is 0.235 e. The Morgan fingerprint density at radius 2 is 2.29 bits per heavy atom. The van der Waals surface area contributed by atoms with Gasteiger partial charge < -0.3 is 0 Å². The largest absolute Gasteiger partial charge is 0.264 e. The molecule has 1 aromatic heterocycles. The Hall–Kier alpha value is -1.99. The van der Waals surface area contributed by atoms with Gasteiger partial charge in [-0.05, 0) is 17.0 Å². The van der Waals surface area contributed by atoms with E-state index < -0.39 is 0 Å². The second-order valence-electron chi connectivity index (χ2n) is 2.92. The van der Waals surface area contributed by atoms with Crippen LogP contribution in [0, 0.1) is 0 Å². The highest BCUT2D eigenvalue weighted by Crippen LogP contribution is 2.17. The molecule has 0 aliphatic heterocycles. The van der Waals surface area contributed by atoms with Crippen molar-refractivity contribution < 1.29 is 4.79 Å². The fourth-order valence-electron chi connectivity index (χ4n) is 1.43. The Morgan fingerprint density at radius 1 is 1.36 bits per heavy atom. The van der Waals surface area contributed by atoms with Gasteiger partial charge in [-0.2, -0.15) is 0 Å². The van der Waals surface area contributed by atoms with E-state index in [0.29, 0.717) is 6.54 Å². The molecule has 0 saturated carbocycles. The molecule has 1 aromatic carbocycles. The van der Waals surface area contributed by atoms with E-state index in [1.807, 2.05) is 24.3 Å². The fraction of sp³-hybridized carbons (Fsp3) is 0.0909. The van der Waals surface area contributed by atoms with Crippen LogP contribution in [0.1, 0.15) is 5.56 Å². The molecule has 0 amide bonds. The maximum absolute atomic E-state index is 10.0. The van der Waals surface area contributed by atoms with Crippen molar-refractivity contribution in [3.05, 3.63) is 42.2 Å². The van der Waals surface area contributed by atoms with E-state index in [2.05, 4.69) is 9.98 Å². The summed E-state index contributed by atoms with van der Waals surface area (Å²) in [6.07, 6.45) is 5.06. The second-order valence-corrected chi connectivity index (χ2v) is 2.92. The first kappa shape index (κ1) is 8.60. The summed E-state index contributed by atoms with van der Waals surface area (Å²) in [4.78, 5) is 17.6. The highest BCUT2D eigenvalue weighted by molar-refractivity contribution is 5.84. The molecule has 2 rings (SSSR count). The summed E-state index contributed by atoms with van der Waals surface area (Å²) >= 11 is 0. The summed E-state index contributed by atoms with van der Waals surface area (Å²) in [7, 11) is 0. The van der Waals surface area contributed by atoms with E-state index in [1.54, 1.807) is 12.4 Å². The molecule has 3 heteroatoms. The number of benzene rings is 1. The number of rotatable bonds is 2. The predicted octanol–water partition coefficient (Wildman–Crippen LogP) is 2.07. The number of aromatic nitrogens is 1. The molecule has 0 saturated heterocycles. The summed E-state index contributed by atoms with van der Waals surface area (Å²) in [5.74, 6) is 0. The standard InChI is InChI=1S/C11H8N2O/c14-8-13-6-10-3-1-2-9-4-5-12-7-11(9)10/h1-5,7H,6H2. The highest BCUT2D eigenvalue weighted by Gasteiger charge is 1.98. The van der Waals surface area contributed by atoms with Crippen LogP contribution in [-0.2, 0) is 11.3 Å². The molecular weight excluding hydrogens is 176 g/mol. The first-order valence-electron chi connectivity index (χ1n) is 4.27. The molecule has 0 bridgehead atoms. The first-order chi connectivity index (χ1) is 6.92. The lowest BCUT2D eigenvalue weighted by Crippen LogP contribution is -1.84. The molecular formula is C11H8N2O. The maximum Gasteiger partial charge on any atom is 0.235 e. The monoisotopic (exact) mass is 184 g/mol. The van der Waals surface area contributed by atoms with Gasteiger partial charge in [0.05, 0.1) is 6.54 Å². The third-order valence-corrected chi connectivity index (χ3v) is 2.09. The highest BCUT2D eigenvalue weighted by atomic mass is 16.1. The Bertz CT molecular complexity index is 496. The fourth-order valence-corrected chi connectivity index (χ4v) is 1.43. The lowest BCUT2D eigenvalue weighted by molar-refractivity contribution is 0.563. The minimum absolute atomic E-state index is 0.368. The molecule has 0 aliphatic rings. The van der Waals surface area contributed by atoms with Crippen molar-refractivity contribution >= 4 is 16.9 Å². The number of carbonyl (C=O) groups excluding carboxylic acids is 1. The van der Waals surface area contributed by atoms with Crippen molar-refractivity contribution in [2.45, 2.75) is 6.54 Å². The van der Waals surface area contributed by atoms with Gasteiger partial charge in [-0.3, -0.25) is 4.98 Å². The third kappa shape index (κ3) is 1.53. The lowest BCUT2D eigenvalue weighted by atomic mass is 10.1. The molecule has 0 atom stereocenters. The van der Waals surface area contributed by atoms with Crippen LogP contribution >= 0.6 is 0 Å². The van der Waals surface area contributed by atoms with Crippen molar-refractivity contribution in [1.82, 2.24) is 4.98 Å². The van der Waals surface area contributed by atoms with Gasteiger partial charge in [0.1, 0.15) is 0 Å². The molecule has 3 nitrogen and oxygen atoms in total. The number of nitrogens with zero attached hydrogens (tertiary/aromatic N) is 2. The molecule has 0 spiro atoms. The van der Waals surface area contributed by atoms with Gasteiger partial charge in [0.15, 0.2) is 0 Å². The normalized spacial score (nSPS) is 9.71. The molecule has 2 aromatic rings. The number of pyridine rings is 1. The summed E-state index contributed by atoms with van der Waals surface area (Å²) in [6.45, 7) is 0.368. The van der Waals surface area contributed by atoms with Gasteiger partial charge in [-0.25, -0.2) is 9.79 Å². The Kier molecular flexibility index (Phi) is 2.34. The van der Waals surface area contributed by atoms with Crippen LogP contribution in [0.3, 0.4) is 0 Å². The van der Waals surface area contributed by atoms with E-state index >= 15 is 0 Å². The SMILES string of the molecule is O=C=NCc1cccc2ccncc12. The van der Waals surface area contributed by atoms with Crippen molar-refractivity contribution in [2.24, 2.45) is 4.99 Å². The maximum atomic E-state index is 10.0. The van der Waals surface area contributed by atoms with Crippen LogP contribution in [0.15, 0.2) is 41.7 Å². The van der Waals surface area contributed by atoms with E-state index in [4.69, 9.17) is 0 Å². The number of hydrogen-bond acceptors (Lipinski definition) is 3. The van der Waals surface area contributed by atoms with Crippen molar-refractivity contribution in [3.63, 3.8) is 0 Å². The summed E-state index contributed by atoms with van der Waals surface area (Å²) < 4.78 is 0. The Labute approximate surface area is 81.1 Å². The number of fused-ring (bicyclic) bond motifs is 1. The zero-order chi connectivity index (χ0) is 9.80. The van der Waals surface area contributed by atoms with Crippen LogP contribution in [0.5, 0.6) is 0 Å². The number of isocyanates is 1. The Balaban J connectivity index is 2.58. The minimum Gasteiger partial charge on any atom is -0.264 e. The molecule has 0 radical (unpaired) electrons. The molecule has 68 valence electrons. The van der Waals surface area contributed by atoms with Crippen LogP contribution in [0.4, 0.5) is 0 Å². The quantitative estimate of drug-likeness (QED) is 0.529. The molecule has 0 fully saturated rings. The van der Waals surface area contributed by atoms with Gasteiger partial charge in [0.25, 0.3) is 0 Å². The average Bonchev–Trinajstić information content (AvgIpc) is 2.26. The van der Waals surface area contributed by atoms with E-state index in [-0.39, 0.29) is 0 Å². The third-order valence-electron chi connectivity index (χ3n) is 2.09. The topological polar surface area (TPSA) is 42.3 Å². The van der Waals surface area contributed by atoms with E-state index in [1.165, 1.54) is 6.08 Å². The van der Waals surface area contributed by atoms with Gasteiger partial charge in [-0.1, -0.05) is 18.2 Å². The van der Waals surface area contributed by atoms with Gasteiger partial charge in [-0.15, -0.1) is 0 Å². The summed E-state index contributed by atoms with van der Waals surface area (Å²) in [6, 6.07) is 7.82. The van der Waals surface area contributed by atoms with Crippen LogP contribution in [0.2, 0.25) is 0 Å². The molecule has 0 unspecified atom stereocenters. The van der Waals surface area contributed by atoms with Crippen LogP contribution in [0.25, 0.3) is 10.8 Å². The van der Waals surface area contributed by atoms with Crippen molar-refractivity contribution in [3.8, 4) is 0 Å². The zero-order valence-corrected chi connectivity index (χ0v) is 7.47. The number of hydrogen-bond donors (Lipinski definition) is 0.